The van der Waals surface area contributed by atoms with Crippen LogP contribution in [0.25, 0.3) is 0 Å². The van der Waals surface area contributed by atoms with Crippen LogP contribution in [0.2, 0.25) is 0 Å². The Morgan fingerprint density at radius 1 is 0.842 bits per heavy atom. The maximum Gasteiger partial charge on any atom is 0.333 e. The SMILES string of the molecule is C=C(C)C(=O)OCCCCCCCCCCCOC. The Kier molecular flexibility index (Phi) is 13.0. The molecule has 0 amide bonds. The Morgan fingerprint density at radius 2 is 1.26 bits per heavy atom. The third kappa shape index (κ3) is 13.4. The lowest BCUT2D eigenvalue weighted by Gasteiger charge is -2.04. The van der Waals surface area contributed by atoms with Gasteiger partial charge in [-0.2, -0.15) is 0 Å². The molecule has 0 aromatic heterocycles. The van der Waals surface area contributed by atoms with Gasteiger partial charge in [0.2, 0.25) is 0 Å². The molecule has 0 atom stereocenters. The van der Waals surface area contributed by atoms with Crippen LogP contribution in [-0.2, 0) is 14.3 Å². The molecule has 0 spiro atoms. The molecule has 19 heavy (non-hydrogen) atoms. The second kappa shape index (κ2) is 13.6. The highest BCUT2D eigenvalue weighted by Crippen LogP contribution is 2.10. The minimum atomic E-state index is -0.268. The predicted molar refractivity (Wildman–Crippen MR) is 79.2 cm³/mol. The van der Waals surface area contributed by atoms with E-state index in [9.17, 15) is 4.79 Å². The third-order valence-electron chi connectivity index (χ3n) is 3.07. The molecule has 0 aliphatic carbocycles. The Hall–Kier alpha value is -0.830. The molecule has 0 fully saturated rings. The van der Waals surface area contributed by atoms with E-state index in [1.165, 1.54) is 44.9 Å². The van der Waals surface area contributed by atoms with Crippen LogP contribution in [0.4, 0.5) is 0 Å². The highest BCUT2D eigenvalue weighted by atomic mass is 16.5. The zero-order chi connectivity index (χ0) is 14.3. The van der Waals surface area contributed by atoms with Crippen molar-refractivity contribution in [1.82, 2.24) is 0 Å². The Balaban J connectivity index is 3.07. The minimum absolute atomic E-state index is 0.268. The summed E-state index contributed by atoms with van der Waals surface area (Å²) in [6, 6.07) is 0. The van der Waals surface area contributed by atoms with Crippen LogP contribution in [0.5, 0.6) is 0 Å². The van der Waals surface area contributed by atoms with E-state index in [2.05, 4.69) is 6.58 Å². The molecule has 0 bridgehead atoms. The summed E-state index contributed by atoms with van der Waals surface area (Å²) in [5.41, 5.74) is 0.480. The number of carbonyl (C=O) groups excluding carboxylic acids is 1. The Morgan fingerprint density at radius 3 is 1.68 bits per heavy atom. The van der Waals surface area contributed by atoms with Gasteiger partial charge in [-0.1, -0.05) is 51.5 Å². The van der Waals surface area contributed by atoms with Crippen molar-refractivity contribution in [2.24, 2.45) is 0 Å². The van der Waals surface area contributed by atoms with Gasteiger partial charge in [0, 0.05) is 19.3 Å². The van der Waals surface area contributed by atoms with E-state index >= 15 is 0 Å². The fraction of sp³-hybridized carbons (Fsp3) is 0.812. The van der Waals surface area contributed by atoms with Gasteiger partial charge in [0.05, 0.1) is 6.61 Å². The summed E-state index contributed by atoms with van der Waals surface area (Å²) in [4.78, 5) is 11.1. The zero-order valence-electron chi connectivity index (χ0n) is 12.7. The normalized spacial score (nSPS) is 10.4. The molecule has 0 aromatic rings. The van der Waals surface area contributed by atoms with Crippen molar-refractivity contribution in [3.05, 3.63) is 12.2 Å². The Labute approximate surface area is 118 Å². The minimum Gasteiger partial charge on any atom is -0.462 e. The zero-order valence-corrected chi connectivity index (χ0v) is 12.7. The molecule has 3 nitrogen and oxygen atoms in total. The van der Waals surface area contributed by atoms with Crippen molar-refractivity contribution < 1.29 is 14.3 Å². The van der Waals surface area contributed by atoms with Gasteiger partial charge < -0.3 is 9.47 Å². The number of rotatable bonds is 13. The second-order valence-electron chi connectivity index (χ2n) is 5.09. The van der Waals surface area contributed by atoms with Gasteiger partial charge in [-0.3, -0.25) is 0 Å². The molecular weight excluding hydrogens is 240 g/mol. The largest absolute Gasteiger partial charge is 0.462 e. The lowest BCUT2D eigenvalue weighted by atomic mass is 10.1. The highest BCUT2D eigenvalue weighted by Gasteiger charge is 2.01. The van der Waals surface area contributed by atoms with Crippen molar-refractivity contribution >= 4 is 5.97 Å². The maximum absolute atomic E-state index is 11.1. The number of carbonyl (C=O) groups is 1. The average Bonchev–Trinajstić information content (AvgIpc) is 2.39. The Bertz CT molecular complexity index is 236. The number of ether oxygens (including phenoxy) is 2. The van der Waals surface area contributed by atoms with Crippen molar-refractivity contribution in [1.29, 1.82) is 0 Å². The van der Waals surface area contributed by atoms with Gasteiger partial charge >= 0.3 is 5.97 Å². The van der Waals surface area contributed by atoms with Gasteiger partial charge in [0.1, 0.15) is 0 Å². The lowest BCUT2D eigenvalue weighted by molar-refractivity contribution is -0.139. The van der Waals surface area contributed by atoms with Crippen molar-refractivity contribution in [3.63, 3.8) is 0 Å². The van der Waals surface area contributed by atoms with E-state index in [-0.39, 0.29) is 5.97 Å². The molecule has 0 N–H and O–H groups in total. The first-order valence-electron chi connectivity index (χ1n) is 7.50. The van der Waals surface area contributed by atoms with Crippen molar-refractivity contribution in [2.75, 3.05) is 20.3 Å². The highest BCUT2D eigenvalue weighted by molar-refractivity contribution is 5.86. The molecule has 112 valence electrons. The van der Waals surface area contributed by atoms with Crippen LogP contribution < -0.4 is 0 Å². The molecule has 0 unspecified atom stereocenters. The molecule has 0 aliphatic rings. The van der Waals surface area contributed by atoms with E-state index in [4.69, 9.17) is 9.47 Å². The van der Waals surface area contributed by atoms with Crippen LogP contribution in [0.15, 0.2) is 12.2 Å². The molecule has 0 rings (SSSR count). The van der Waals surface area contributed by atoms with Gasteiger partial charge in [-0.25, -0.2) is 4.79 Å². The standard InChI is InChI=1S/C16H30O3/c1-15(2)16(17)19-14-12-10-8-6-4-5-7-9-11-13-18-3/h1,4-14H2,2-3H3. The van der Waals surface area contributed by atoms with E-state index in [1.807, 2.05) is 0 Å². The average molecular weight is 270 g/mol. The van der Waals surface area contributed by atoms with Crippen molar-refractivity contribution in [2.45, 2.75) is 64.7 Å². The monoisotopic (exact) mass is 270 g/mol. The quantitative estimate of drug-likeness (QED) is 0.285. The smallest absolute Gasteiger partial charge is 0.333 e. The van der Waals surface area contributed by atoms with E-state index in [0.717, 1.165) is 19.4 Å². The summed E-state index contributed by atoms with van der Waals surface area (Å²) in [5.74, 6) is -0.268. The summed E-state index contributed by atoms with van der Waals surface area (Å²) >= 11 is 0. The van der Waals surface area contributed by atoms with Gasteiger partial charge in [0.25, 0.3) is 0 Å². The van der Waals surface area contributed by atoms with Crippen LogP contribution in [0, 0.1) is 0 Å². The molecule has 0 saturated heterocycles. The topological polar surface area (TPSA) is 35.5 Å². The number of hydrogen-bond acceptors (Lipinski definition) is 3. The van der Waals surface area contributed by atoms with E-state index in [1.54, 1.807) is 14.0 Å². The van der Waals surface area contributed by atoms with E-state index < -0.39 is 0 Å². The lowest BCUT2D eigenvalue weighted by Crippen LogP contribution is -2.05. The number of esters is 1. The fourth-order valence-corrected chi connectivity index (χ4v) is 1.87. The first kappa shape index (κ1) is 18.2. The molecule has 0 radical (unpaired) electrons. The summed E-state index contributed by atoms with van der Waals surface area (Å²) in [5, 5.41) is 0. The van der Waals surface area contributed by atoms with Gasteiger partial charge in [-0.15, -0.1) is 0 Å². The molecule has 0 aromatic carbocycles. The predicted octanol–water partition coefficient (Wildman–Crippen LogP) is 4.26. The molecular formula is C16H30O3. The summed E-state index contributed by atoms with van der Waals surface area (Å²) in [7, 11) is 1.76. The summed E-state index contributed by atoms with van der Waals surface area (Å²) in [6.07, 6.45) is 11.1. The number of hydrogen-bond donors (Lipinski definition) is 0. The van der Waals surface area contributed by atoms with Crippen LogP contribution in [0.1, 0.15) is 64.7 Å². The summed E-state index contributed by atoms with van der Waals surface area (Å²) in [6.45, 7) is 6.65. The third-order valence-corrected chi connectivity index (χ3v) is 3.07. The van der Waals surface area contributed by atoms with Gasteiger partial charge in [-0.05, 0) is 19.8 Å². The molecule has 0 saturated carbocycles. The number of methoxy groups -OCH3 is 1. The van der Waals surface area contributed by atoms with E-state index in [0.29, 0.717) is 12.2 Å². The fourth-order valence-electron chi connectivity index (χ4n) is 1.87. The van der Waals surface area contributed by atoms with Gasteiger partial charge in [0.15, 0.2) is 0 Å². The van der Waals surface area contributed by atoms with Crippen molar-refractivity contribution in [3.8, 4) is 0 Å². The molecule has 0 aliphatic heterocycles. The molecule has 3 heteroatoms. The summed E-state index contributed by atoms with van der Waals surface area (Å²) < 4.78 is 10.1. The number of unbranched alkanes of at least 4 members (excludes halogenated alkanes) is 8. The second-order valence-corrected chi connectivity index (χ2v) is 5.09. The van der Waals surface area contributed by atoms with Crippen LogP contribution in [-0.4, -0.2) is 26.3 Å². The van der Waals surface area contributed by atoms with Crippen LogP contribution >= 0.6 is 0 Å². The first-order chi connectivity index (χ1) is 9.18. The maximum atomic E-state index is 11.1. The molecule has 0 heterocycles. The first-order valence-corrected chi connectivity index (χ1v) is 7.50. The van der Waals surface area contributed by atoms with Crippen LogP contribution in [0.3, 0.4) is 0 Å².